The lowest BCUT2D eigenvalue weighted by Crippen LogP contribution is -2.27. The van der Waals surface area contributed by atoms with Gasteiger partial charge in [-0.15, -0.1) is 6.58 Å². The number of esters is 1. The van der Waals surface area contributed by atoms with Gasteiger partial charge in [0.15, 0.2) is 0 Å². The quantitative estimate of drug-likeness (QED) is 0.0553. The first-order valence-corrected chi connectivity index (χ1v) is 17.9. The van der Waals surface area contributed by atoms with Crippen LogP contribution >= 0.6 is 0 Å². The van der Waals surface area contributed by atoms with E-state index in [9.17, 15) is 9.90 Å². The van der Waals surface area contributed by atoms with Crippen LogP contribution in [0.5, 0.6) is 0 Å². The molecule has 43 heavy (non-hydrogen) atoms. The van der Waals surface area contributed by atoms with Gasteiger partial charge in [-0.3, -0.25) is 4.79 Å². The molecule has 0 radical (unpaired) electrons. The summed E-state index contributed by atoms with van der Waals surface area (Å²) in [6.07, 6.45) is 41.3. The highest BCUT2D eigenvalue weighted by Gasteiger charge is 2.40. The van der Waals surface area contributed by atoms with E-state index in [1.54, 1.807) is 0 Å². The summed E-state index contributed by atoms with van der Waals surface area (Å²) in [5.41, 5.74) is 0. The second-order valence-electron chi connectivity index (χ2n) is 12.2. The fourth-order valence-corrected chi connectivity index (χ4v) is 5.48. The Labute approximate surface area is 265 Å². The van der Waals surface area contributed by atoms with Crippen molar-refractivity contribution in [3.63, 3.8) is 0 Å². The van der Waals surface area contributed by atoms with Gasteiger partial charge >= 0.3 is 5.97 Å². The summed E-state index contributed by atoms with van der Waals surface area (Å²) in [6, 6.07) is 0. The van der Waals surface area contributed by atoms with Gasteiger partial charge in [0, 0.05) is 12.8 Å². The van der Waals surface area contributed by atoms with Gasteiger partial charge in [0.2, 0.25) is 0 Å². The predicted molar refractivity (Wildman–Crippen MR) is 184 cm³/mol. The topological polar surface area (TPSA) is 55.8 Å². The number of aliphatic hydroxyl groups excluding tert-OH is 1. The molecule has 1 rings (SSSR count). The zero-order valence-corrected chi connectivity index (χ0v) is 27.9. The molecule has 0 aliphatic carbocycles. The van der Waals surface area contributed by atoms with Gasteiger partial charge in [0.1, 0.15) is 6.10 Å². The molecule has 0 aromatic carbocycles. The highest BCUT2D eigenvalue weighted by Crippen LogP contribution is 2.31. The molecular weight excluding hydrogens is 532 g/mol. The molecule has 1 aliphatic rings. The molecule has 1 aliphatic heterocycles. The molecule has 1 fully saturated rings. The monoisotopic (exact) mass is 598 g/mol. The zero-order chi connectivity index (χ0) is 31.2. The smallest absolute Gasteiger partial charge is 0.306 e. The molecule has 1 N–H and O–H groups in total. The summed E-state index contributed by atoms with van der Waals surface area (Å²) in [5.74, 6) is -0.139. The molecule has 0 unspecified atom stereocenters. The number of unbranched alkanes of at least 4 members (excludes halogenated alkanes) is 11. The lowest BCUT2D eigenvalue weighted by Gasteiger charge is -2.20. The van der Waals surface area contributed by atoms with Crippen molar-refractivity contribution in [2.45, 2.75) is 180 Å². The van der Waals surface area contributed by atoms with Gasteiger partial charge in [-0.25, -0.2) is 0 Å². The van der Waals surface area contributed by atoms with Gasteiger partial charge in [0.25, 0.3) is 0 Å². The van der Waals surface area contributed by atoms with Crippen molar-refractivity contribution in [2.75, 3.05) is 0 Å². The number of hydrogen-bond donors (Lipinski definition) is 1. The molecule has 0 aromatic heterocycles. The van der Waals surface area contributed by atoms with Gasteiger partial charge in [-0.1, -0.05) is 126 Å². The fraction of sp³-hybridized carbons (Fsp3) is 0.718. The summed E-state index contributed by atoms with van der Waals surface area (Å²) < 4.78 is 12.2. The second-order valence-corrected chi connectivity index (χ2v) is 12.2. The largest absolute Gasteiger partial charge is 0.459 e. The van der Waals surface area contributed by atoms with Crippen molar-refractivity contribution in [1.82, 2.24) is 0 Å². The third-order valence-corrected chi connectivity index (χ3v) is 8.15. The Hall–Kier alpha value is -1.91. The van der Waals surface area contributed by atoms with E-state index < -0.39 is 6.10 Å². The second kappa shape index (κ2) is 28.8. The average molecular weight is 599 g/mol. The molecule has 0 spiro atoms. The Morgan fingerprint density at radius 3 is 1.98 bits per heavy atom. The fourth-order valence-electron chi connectivity index (χ4n) is 5.48. The predicted octanol–water partition coefficient (Wildman–Crippen LogP) is 11.1. The molecular formula is C39H66O4. The first-order chi connectivity index (χ1) is 21.1. The standard InChI is InChI=1S/C39H66O4/c1-4-7-10-12-14-15-16-17-18-19-20-21-22-23-25-27-30-33-39(41)43-38-34-37(42-36(38)32-28-9-6-3)35(40)31-29-26-24-13-11-8-5-2/h5,14-15,17-18,20-21,23,25,35-38,40H,2,4,6-13,16,19,22,24,26-34H2,1,3H3/b15-14-,18-17-,21-20-,25-23-/t35-,36+,37-,38+/m1/s1. The number of aliphatic hydroxyl groups is 1. The van der Waals surface area contributed by atoms with E-state index in [-0.39, 0.29) is 24.3 Å². The Bertz CT molecular complexity index is 780. The van der Waals surface area contributed by atoms with E-state index in [4.69, 9.17) is 9.47 Å². The number of carbonyl (C=O) groups excluding carboxylic acids is 1. The van der Waals surface area contributed by atoms with Crippen LogP contribution < -0.4 is 0 Å². The summed E-state index contributed by atoms with van der Waals surface area (Å²) in [6.45, 7) is 8.21. The molecule has 4 nitrogen and oxygen atoms in total. The number of hydrogen-bond acceptors (Lipinski definition) is 4. The maximum absolute atomic E-state index is 12.6. The molecule has 0 amide bonds. The van der Waals surface area contributed by atoms with Crippen molar-refractivity contribution >= 4 is 5.97 Å². The lowest BCUT2D eigenvalue weighted by atomic mass is 10.00. The number of carbonyl (C=O) groups is 1. The molecule has 4 heteroatoms. The Balaban J connectivity index is 2.25. The van der Waals surface area contributed by atoms with Crippen LogP contribution in [0.3, 0.4) is 0 Å². The number of ether oxygens (including phenoxy) is 2. The first kappa shape index (κ1) is 39.1. The van der Waals surface area contributed by atoms with Gasteiger partial charge < -0.3 is 14.6 Å². The number of allylic oxidation sites excluding steroid dienone is 9. The van der Waals surface area contributed by atoms with Crippen molar-refractivity contribution in [3.8, 4) is 0 Å². The van der Waals surface area contributed by atoms with E-state index >= 15 is 0 Å². The van der Waals surface area contributed by atoms with Crippen molar-refractivity contribution in [1.29, 1.82) is 0 Å². The highest BCUT2D eigenvalue weighted by atomic mass is 16.6. The van der Waals surface area contributed by atoms with Crippen molar-refractivity contribution in [2.24, 2.45) is 0 Å². The third-order valence-electron chi connectivity index (χ3n) is 8.15. The maximum atomic E-state index is 12.6. The van der Waals surface area contributed by atoms with E-state index in [0.717, 1.165) is 83.5 Å². The van der Waals surface area contributed by atoms with Crippen LogP contribution in [-0.2, 0) is 14.3 Å². The molecule has 1 saturated heterocycles. The van der Waals surface area contributed by atoms with Crippen LogP contribution in [0.4, 0.5) is 0 Å². The van der Waals surface area contributed by atoms with Crippen LogP contribution in [0.1, 0.15) is 155 Å². The van der Waals surface area contributed by atoms with E-state index in [1.165, 1.54) is 44.9 Å². The van der Waals surface area contributed by atoms with Crippen LogP contribution in [-0.4, -0.2) is 35.5 Å². The summed E-state index contributed by atoms with van der Waals surface area (Å²) in [4.78, 5) is 12.6. The summed E-state index contributed by atoms with van der Waals surface area (Å²) in [5, 5.41) is 10.8. The molecule has 0 bridgehead atoms. The third kappa shape index (κ3) is 22.3. The maximum Gasteiger partial charge on any atom is 0.306 e. The summed E-state index contributed by atoms with van der Waals surface area (Å²) >= 11 is 0. The van der Waals surface area contributed by atoms with E-state index in [2.05, 4.69) is 69.0 Å². The number of rotatable bonds is 28. The van der Waals surface area contributed by atoms with Crippen LogP contribution in [0.25, 0.3) is 0 Å². The Morgan fingerprint density at radius 2 is 1.33 bits per heavy atom. The molecule has 1 heterocycles. The normalized spacial score (nSPS) is 19.8. The van der Waals surface area contributed by atoms with Crippen LogP contribution in [0.2, 0.25) is 0 Å². The zero-order valence-electron chi connectivity index (χ0n) is 27.9. The first-order valence-electron chi connectivity index (χ1n) is 17.9. The molecule has 0 aromatic rings. The molecule has 0 saturated carbocycles. The van der Waals surface area contributed by atoms with Gasteiger partial charge in [-0.05, 0) is 70.6 Å². The lowest BCUT2D eigenvalue weighted by molar-refractivity contribution is -0.152. The highest BCUT2D eigenvalue weighted by molar-refractivity contribution is 5.69. The minimum atomic E-state index is -0.483. The van der Waals surface area contributed by atoms with E-state index in [0.29, 0.717) is 12.8 Å². The SMILES string of the molecule is C=CCCCCCCC[C@@H](O)[C@H]1C[C@H](OC(=O)CCC/C=C\C/C=C\C/C=C\C/C=C\CCCCC)[C@H](CCCCC)O1. The van der Waals surface area contributed by atoms with Crippen LogP contribution in [0.15, 0.2) is 61.3 Å². The van der Waals surface area contributed by atoms with Crippen molar-refractivity contribution in [3.05, 3.63) is 61.3 Å². The minimum absolute atomic E-state index is 0.0948. The Morgan fingerprint density at radius 1 is 0.767 bits per heavy atom. The minimum Gasteiger partial charge on any atom is -0.459 e. The molecule has 4 atom stereocenters. The van der Waals surface area contributed by atoms with Gasteiger partial charge in [0.05, 0.1) is 18.3 Å². The van der Waals surface area contributed by atoms with Crippen molar-refractivity contribution < 1.29 is 19.4 Å². The Kier molecular flexibility index (Phi) is 26.2. The van der Waals surface area contributed by atoms with E-state index in [1.807, 2.05) is 6.08 Å². The molecule has 246 valence electrons. The van der Waals surface area contributed by atoms with Crippen LogP contribution in [0, 0.1) is 0 Å². The average Bonchev–Trinajstić information content (AvgIpc) is 3.40. The van der Waals surface area contributed by atoms with Gasteiger partial charge in [-0.2, -0.15) is 0 Å². The summed E-state index contributed by atoms with van der Waals surface area (Å²) in [7, 11) is 0.